The Kier molecular flexibility index (Phi) is 5.75. The van der Waals surface area contributed by atoms with Crippen LogP contribution in [0.3, 0.4) is 0 Å². The predicted molar refractivity (Wildman–Crippen MR) is 122 cm³/mol. The predicted octanol–water partition coefficient (Wildman–Crippen LogP) is 2.97. The number of amides is 1. The third kappa shape index (κ3) is 4.11. The Hall–Kier alpha value is -3.95. The molecule has 168 valence electrons. The zero-order chi connectivity index (χ0) is 23.8. The second-order valence-corrected chi connectivity index (χ2v) is 8.91. The van der Waals surface area contributed by atoms with E-state index in [2.05, 4.69) is 0 Å². The first kappa shape index (κ1) is 22.3. The Labute approximate surface area is 190 Å². The van der Waals surface area contributed by atoms with Gasteiger partial charge in [-0.1, -0.05) is 30.3 Å². The molecule has 0 unspecified atom stereocenters. The first-order chi connectivity index (χ1) is 15.7. The highest BCUT2D eigenvalue weighted by atomic mass is 32.2. The molecule has 9 heteroatoms. The summed E-state index contributed by atoms with van der Waals surface area (Å²) in [7, 11) is -2.42. The van der Waals surface area contributed by atoms with E-state index in [0.29, 0.717) is 16.9 Å². The number of sulfonamides is 1. The molecule has 3 aromatic carbocycles. The minimum Gasteiger partial charge on any atom is -0.507 e. The quantitative estimate of drug-likeness (QED) is 0.340. The number of nitrogens with two attached hydrogens (primary N) is 1. The molecule has 1 heterocycles. The minimum absolute atomic E-state index is 0.0770. The van der Waals surface area contributed by atoms with Gasteiger partial charge in [0, 0.05) is 11.3 Å². The number of hydrogen-bond acceptors (Lipinski definition) is 6. The highest BCUT2D eigenvalue weighted by Gasteiger charge is 2.46. The molecular formula is C24H20N2O6S. The molecule has 0 spiro atoms. The van der Waals surface area contributed by atoms with Gasteiger partial charge in [-0.15, -0.1) is 0 Å². The number of rotatable bonds is 5. The lowest BCUT2D eigenvalue weighted by Crippen LogP contribution is -2.29. The van der Waals surface area contributed by atoms with Gasteiger partial charge in [0.1, 0.15) is 11.5 Å². The van der Waals surface area contributed by atoms with E-state index in [4.69, 9.17) is 9.88 Å². The molecule has 3 N–H and O–H groups in total. The molecule has 0 saturated carbocycles. The van der Waals surface area contributed by atoms with E-state index >= 15 is 0 Å². The molecule has 0 aromatic heterocycles. The number of hydrogen-bond donors (Lipinski definition) is 2. The van der Waals surface area contributed by atoms with Crippen LogP contribution < -0.4 is 14.8 Å². The van der Waals surface area contributed by atoms with Gasteiger partial charge in [-0.25, -0.2) is 13.6 Å². The van der Waals surface area contributed by atoms with Gasteiger partial charge < -0.3 is 9.84 Å². The highest BCUT2D eigenvalue weighted by Crippen LogP contribution is 2.42. The zero-order valence-corrected chi connectivity index (χ0v) is 18.3. The number of ketones is 1. The fraction of sp³-hybridized carbons (Fsp3) is 0.0833. The number of benzene rings is 3. The van der Waals surface area contributed by atoms with E-state index in [1.807, 2.05) is 0 Å². The van der Waals surface area contributed by atoms with E-state index in [-0.39, 0.29) is 21.9 Å². The van der Waals surface area contributed by atoms with Crippen molar-refractivity contribution < 1.29 is 27.9 Å². The van der Waals surface area contributed by atoms with E-state index in [0.717, 1.165) is 0 Å². The van der Waals surface area contributed by atoms with Crippen LogP contribution in [0.4, 0.5) is 5.69 Å². The molecular weight excluding hydrogens is 444 g/mol. The average Bonchev–Trinajstić information content (AvgIpc) is 3.09. The van der Waals surface area contributed by atoms with Gasteiger partial charge in [0.05, 0.1) is 23.6 Å². The Morgan fingerprint density at radius 2 is 1.55 bits per heavy atom. The van der Waals surface area contributed by atoms with Crippen molar-refractivity contribution in [3.8, 4) is 5.75 Å². The fourth-order valence-corrected chi connectivity index (χ4v) is 4.27. The summed E-state index contributed by atoms with van der Waals surface area (Å²) < 4.78 is 28.3. The maximum Gasteiger partial charge on any atom is 0.300 e. The number of nitrogens with zero attached hydrogens (tertiary/aromatic N) is 1. The second kappa shape index (κ2) is 8.53. The lowest BCUT2D eigenvalue weighted by atomic mass is 9.95. The smallest absolute Gasteiger partial charge is 0.300 e. The fourth-order valence-electron chi connectivity index (χ4n) is 3.75. The van der Waals surface area contributed by atoms with E-state index in [9.17, 15) is 23.1 Å². The van der Waals surface area contributed by atoms with E-state index in [1.165, 1.54) is 36.3 Å². The molecule has 1 fully saturated rings. The van der Waals surface area contributed by atoms with Crippen molar-refractivity contribution >= 4 is 33.2 Å². The molecule has 1 saturated heterocycles. The van der Waals surface area contributed by atoms with Crippen LogP contribution in [-0.2, 0) is 19.6 Å². The molecule has 0 radical (unpaired) electrons. The van der Waals surface area contributed by atoms with Crippen molar-refractivity contribution in [2.75, 3.05) is 12.0 Å². The van der Waals surface area contributed by atoms with Crippen LogP contribution in [0.1, 0.15) is 17.2 Å². The van der Waals surface area contributed by atoms with Crippen LogP contribution in [-0.4, -0.2) is 32.3 Å². The Morgan fingerprint density at radius 3 is 2.09 bits per heavy atom. The number of Topliss-reactive ketones (excluding diaryl/α,β-unsaturated/α-hetero) is 1. The van der Waals surface area contributed by atoms with E-state index in [1.54, 1.807) is 54.6 Å². The largest absolute Gasteiger partial charge is 0.507 e. The van der Waals surface area contributed by atoms with Crippen LogP contribution in [0.15, 0.2) is 89.3 Å². The highest BCUT2D eigenvalue weighted by molar-refractivity contribution is 7.89. The topological polar surface area (TPSA) is 127 Å². The van der Waals surface area contributed by atoms with Crippen molar-refractivity contribution in [3.63, 3.8) is 0 Å². The third-order valence-electron chi connectivity index (χ3n) is 5.37. The van der Waals surface area contributed by atoms with Gasteiger partial charge in [0.15, 0.2) is 0 Å². The number of methoxy groups -OCH3 is 1. The summed E-state index contributed by atoms with van der Waals surface area (Å²) in [5.74, 6) is -1.45. The van der Waals surface area contributed by atoms with Crippen molar-refractivity contribution in [2.45, 2.75) is 10.9 Å². The Morgan fingerprint density at radius 1 is 0.939 bits per heavy atom. The number of carbonyl (C=O) groups is 2. The van der Waals surface area contributed by atoms with Crippen LogP contribution in [0, 0.1) is 0 Å². The number of carbonyl (C=O) groups excluding carboxylic acids is 2. The Balaban J connectivity index is 1.89. The third-order valence-corrected chi connectivity index (χ3v) is 6.30. The Bertz CT molecular complexity index is 1350. The monoisotopic (exact) mass is 464 g/mol. The molecule has 4 rings (SSSR count). The van der Waals surface area contributed by atoms with Crippen LogP contribution >= 0.6 is 0 Å². The molecule has 8 nitrogen and oxygen atoms in total. The van der Waals surface area contributed by atoms with Crippen molar-refractivity contribution in [2.24, 2.45) is 5.14 Å². The lowest BCUT2D eigenvalue weighted by Gasteiger charge is -2.25. The molecule has 1 atom stereocenters. The molecule has 1 aliphatic heterocycles. The first-order valence-corrected chi connectivity index (χ1v) is 11.4. The number of anilines is 1. The lowest BCUT2D eigenvalue weighted by molar-refractivity contribution is -0.132. The maximum atomic E-state index is 13.1. The van der Waals surface area contributed by atoms with Crippen LogP contribution in [0.2, 0.25) is 0 Å². The molecule has 1 aliphatic rings. The summed E-state index contributed by atoms with van der Waals surface area (Å²) in [6, 6.07) is 19.6. The summed E-state index contributed by atoms with van der Waals surface area (Å²) in [4.78, 5) is 27.3. The van der Waals surface area contributed by atoms with Gasteiger partial charge in [-0.05, 0) is 54.1 Å². The van der Waals surface area contributed by atoms with E-state index < -0.39 is 27.8 Å². The SMILES string of the molecule is COc1ccc(C(O)=C2C(=O)C(=O)N(c3ccc(S(N)(=O)=O)cc3)[C@H]2c2ccccc2)cc1. The molecule has 33 heavy (non-hydrogen) atoms. The average molecular weight is 464 g/mol. The molecule has 1 amide bonds. The summed E-state index contributed by atoms with van der Waals surface area (Å²) in [5, 5.41) is 16.2. The van der Waals surface area contributed by atoms with Gasteiger partial charge in [-0.3, -0.25) is 14.5 Å². The van der Waals surface area contributed by atoms with Crippen molar-refractivity contribution in [1.29, 1.82) is 0 Å². The summed E-state index contributed by atoms with van der Waals surface area (Å²) in [5.41, 5.74) is 1.15. The number of primary sulfonamides is 1. The molecule has 3 aromatic rings. The molecule has 0 bridgehead atoms. The van der Waals surface area contributed by atoms with Crippen LogP contribution in [0.25, 0.3) is 5.76 Å². The first-order valence-electron chi connectivity index (χ1n) is 9.85. The van der Waals surface area contributed by atoms with Gasteiger partial charge in [0.2, 0.25) is 10.0 Å². The minimum atomic E-state index is -3.93. The standard InChI is InChI=1S/C24H20N2O6S/c1-32-18-11-7-16(8-12-18)22(27)20-21(15-5-3-2-4-6-15)26(24(29)23(20)28)17-9-13-19(14-10-17)33(25,30)31/h2-14,21,27H,1H3,(H2,25,30,31)/t21-/m0/s1. The summed E-state index contributed by atoms with van der Waals surface area (Å²) in [6.07, 6.45) is 0. The second-order valence-electron chi connectivity index (χ2n) is 7.35. The maximum absolute atomic E-state index is 13.1. The van der Waals surface area contributed by atoms with Gasteiger partial charge in [-0.2, -0.15) is 0 Å². The number of ether oxygens (including phenoxy) is 1. The summed E-state index contributed by atoms with van der Waals surface area (Å²) >= 11 is 0. The molecule has 0 aliphatic carbocycles. The normalized spacial score (nSPS) is 17.9. The number of aliphatic hydroxyl groups is 1. The summed E-state index contributed by atoms with van der Waals surface area (Å²) in [6.45, 7) is 0. The van der Waals surface area contributed by atoms with Gasteiger partial charge >= 0.3 is 0 Å². The zero-order valence-electron chi connectivity index (χ0n) is 17.5. The van der Waals surface area contributed by atoms with Crippen molar-refractivity contribution in [1.82, 2.24) is 0 Å². The van der Waals surface area contributed by atoms with Crippen molar-refractivity contribution in [3.05, 3.63) is 95.6 Å². The van der Waals surface area contributed by atoms with Crippen LogP contribution in [0.5, 0.6) is 5.75 Å². The number of aliphatic hydroxyl groups excluding tert-OH is 1. The van der Waals surface area contributed by atoms with Gasteiger partial charge in [0.25, 0.3) is 11.7 Å².